The van der Waals surface area contributed by atoms with E-state index in [1.165, 1.54) is 283 Å². The van der Waals surface area contributed by atoms with Gasteiger partial charge in [-0.15, -0.1) is 0 Å². The van der Waals surface area contributed by atoms with Crippen LogP contribution >= 0.6 is 0 Å². The molecule has 0 spiro atoms. The Morgan fingerprint density at radius 1 is 0.241 bits per heavy atom. The van der Waals surface area contributed by atoms with Crippen LogP contribution in [0.5, 0.6) is 0 Å². The molecule has 0 aliphatic rings. The first-order valence-electron chi connectivity index (χ1n) is 37.1. The van der Waals surface area contributed by atoms with Crippen LogP contribution < -0.4 is 0 Å². The number of esters is 3. The molecule has 1 atom stereocenters. The van der Waals surface area contributed by atoms with Crippen molar-refractivity contribution < 1.29 is 28.6 Å². The zero-order valence-electron chi connectivity index (χ0n) is 56.0. The molecule has 0 fully saturated rings. The van der Waals surface area contributed by atoms with E-state index in [1.807, 2.05) is 0 Å². The van der Waals surface area contributed by atoms with Gasteiger partial charge < -0.3 is 14.2 Å². The monoisotopic (exact) mass is 1160 g/mol. The van der Waals surface area contributed by atoms with Gasteiger partial charge in [-0.3, -0.25) is 14.4 Å². The molecule has 0 amide bonds. The molecule has 0 saturated carbocycles. The molecule has 6 heteroatoms. The van der Waals surface area contributed by atoms with E-state index in [2.05, 4.69) is 69.4 Å². The quantitative estimate of drug-likeness (QED) is 0.0261. The van der Waals surface area contributed by atoms with Crippen molar-refractivity contribution in [3.8, 4) is 0 Å². The second-order valence-electron chi connectivity index (χ2n) is 25.2. The minimum absolute atomic E-state index is 0.0716. The van der Waals surface area contributed by atoms with Crippen molar-refractivity contribution in [3.63, 3.8) is 0 Å². The predicted octanol–water partition coefficient (Wildman–Crippen LogP) is 25.7. The maximum Gasteiger partial charge on any atom is 0.306 e. The van der Waals surface area contributed by atoms with Crippen LogP contribution in [0.4, 0.5) is 0 Å². The highest BCUT2D eigenvalue weighted by Crippen LogP contribution is 2.19. The van der Waals surface area contributed by atoms with Gasteiger partial charge in [0.15, 0.2) is 6.10 Å². The first-order chi connectivity index (χ1) is 41.0. The molecule has 1 unspecified atom stereocenters. The van der Waals surface area contributed by atoms with Crippen molar-refractivity contribution in [2.75, 3.05) is 13.2 Å². The first-order valence-corrected chi connectivity index (χ1v) is 37.1. The smallest absolute Gasteiger partial charge is 0.306 e. The summed E-state index contributed by atoms with van der Waals surface area (Å²) in [4.78, 5) is 38.4. The summed E-state index contributed by atoms with van der Waals surface area (Å²) < 4.78 is 17.0. The van der Waals surface area contributed by atoms with Crippen LogP contribution in [0.1, 0.15) is 406 Å². The second-order valence-corrected chi connectivity index (χ2v) is 25.2. The summed E-state index contributed by atoms with van der Waals surface area (Å²) in [5.41, 5.74) is 0. The molecule has 83 heavy (non-hydrogen) atoms. The van der Waals surface area contributed by atoms with Crippen molar-refractivity contribution in [3.05, 3.63) is 48.6 Å². The lowest BCUT2D eigenvalue weighted by Crippen LogP contribution is -2.30. The van der Waals surface area contributed by atoms with Crippen LogP contribution in [0.2, 0.25) is 0 Å². The van der Waals surface area contributed by atoms with Crippen molar-refractivity contribution in [2.24, 2.45) is 0 Å². The van der Waals surface area contributed by atoms with E-state index in [4.69, 9.17) is 14.2 Å². The minimum Gasteiger partial charge on any atom is -0.462 e. The van der Waals surface area contributed by atoms with Crippen LogP contribution in [0.3, 0.4) is 0 Å². The number of allylic oxidation sites excluding steroid dienone is 8. The Hall–Kier alpha value is -2.63. The average Bonchev–Trinajstić information content (AvgIpc) is 3.49. The summed E-state index contributed by atoms with van der Waals surface area (Å²) in [5.74, 6) is -0.856. The fourth-order valence-electron chi connectivity index (χ4n) is 11.2. The molecule has 0 radical (unpaired) electrons. The molecule has 6 nitrogen and oxygen atoms in total. The zero-order valence-corrected chi connectivity index (χ0v) is 56.0. The Morgan fingerprint density at radius 2 is 0.434 bits per heavy atom. The standard InChI is InChI=1S/C77H142O6/c1-4-7-10-13-16-19-22-25-28-30-31-32-33-34-35-36-37-38-39-40-41-42-43-44-45-47-49-52-55-58-61-64-67-70-76(79)82-73-74(72-81-75(78)69-66-63-60-57-54-51-48-27-24-21-18-15-12-9-6-3)83-77(80)71-68-65-62-59-56-53-50-46-29-26-23-20-17-14-11-8-5-2/h18,21-22,25,27,30-31,48,74H,4-17,19-20,23-24,26,28-29,32-47,49-73H2,1-3H3/b21-18-,25-22-,31-30-,48-27-. The lowest BCUT2D eigenvalue weighted by atomic mass is 10.0. The Kier molecular flexibility index (Phi) is 69.6. The number of ether oxygens (including phenoxy) is 3. The van der Waals surface area contributed by atoms with Crippen LogP contribution in [-0.4, -0.2) is 37.2 Å². The summed E-state index contributed by atoms with van der Waals surface area (Å²) in [5, 5.41) is 0. The third kappa shape index (κ3) is 70.0. The molecule has 0 aliphatic heterocycles. The maximum absolute atomic E-state index is 12.9. The Bertz CT molecular complexity index is 1430. The van der Waals surface area contributed by atoms with Gasteiger partial charge in [0.2, 0.25) is 0 Å². The van der Waals surface area contributed by atoms with Gasteiger partial charge in [-0.05, 0) is 83.5 Å². The molecule has 0 N–H and O–H groups in total. The van der Waals surface area contributed by atoms with E-state index in [-0.39, 0.29) is 31.1 Å². The number of hydrogen-bond donors (Lipinski definition) is 0. The van der Waals surface area contributed by atoms with E-state index in [0.29, 0.717) is 19.3 Å². The van der Waals surface area contributed by atoms with Crippen molar-refractivity contribution >= 4 is 17.9 Å². The summed E-state index contributed by atoms with van der Waals surface area (Å²) in [6.45, 7) is 6.66. The molecule has 0 rings (SSSR count). The Labute approximate surface area is 518 Å². The van der Waals surface area contributed by atoms with Gasteiger partial charge in [-0.1, -0.05) is 352 Å². The Balaban J connectivity index is 4.14. The molecule has 0 aromatic carbocycles. The summed E-state index contributed by atoms with van der Waals surface area (Å²) in [7, 11) is 0. The van der Waals surface area contributed by atoms with E-state index in [1.54, 1.807) is 0 Å². The first kappa shape index (κ1) is 80.4. The maximum atomic E-state index is 12.9. The largest absolute Gasteiger partial charge is 0.462 e. The van der Waals surface area contributed by atoms with Gasteiger partial charge in [-0.2, -0.15) is 0 Å². The van der Waals surface area contributed by atoms with Crippen LogP contribution in [0.15, 0.2) is 48.6 Å². The second kappa shape index (κ2) is 71.8. The van der Waals surface area contributed by atoms with E-state index in [0.717, 1.165) is 83.5 Å². The van der Waals surface area contributed by atoms with Crippen LogP contribution in [0, 0.1) is 0 Å². The summed E-state index contributed by atoms with van der Waals surface area (Å²) >= 11 is 0. The predicted molar refractivity (Wildman–Crippen MR) is 362 cm³/mol. The number of hydrogen-bond acceptors (Lipinski definition) is 6. The number of carbonyl (C=O) groups excluding carboxylic acids is 3. The summed E-state index contributed by atoms with van der Waals surface area (Å²) in [6, 6.07) is 0. The molecular weight excluding hydrogens is 1020 g/mol. The molecule has 0 aromatic heterocycles. The van der Waals surface area contributed by atoms with E-state index in [9.17, 15) is 14.4 Å². The molecule has 0 aliphatic carbocycles. The highest BCUT2D eigenvalue weighted by Gasteiger charge is 2.19. The number of unbranched alkanes of at least 4 members (excludes halogenated alkanes) is 50. The molecule has 0 bridgehead atoms. The van der Waals surface area contributed by atoms with Crippen LogP contribution in [-0.2, 0) is 28.6 Å². The lowest BCUT2D eigenvalue weighted by Gasteiger charge is -2.18. The van der Waals surface area contributed by atoms with Gasteiger partial charge in [0.1, 0.15) is 13.2 Å². The van der Waals surface area contributed by atoms with E-state index >= 15 is 0 Å². The van der Waals surface area contributed by atoms with Gasteiger partial charge in [0.05, 0.1) is 0 Å². The SMILES string of the molecule is CCCCC/C=C\C/C=C\CCCCCCCC(=O)OCC(COC(=O)CCCCCCCCCCCCCCCCCCCCCCC/C=C\C/C=C\CCCCCCC)OC(=O)CCCCCCCCCCCCCCCCCCC. The van der Waals surface area contributed by atoms with Crippen LogP contribution in [0.25, 0.3) is 0 Å². The normalized spacial score (nSPS) is 12.3. The lowest BCUT2D eigenvalue weighted by molar-refractivity contribution is -0.167. The molecule has 0 saturated heterocycles. The van der Waals surface area contributed by atoms with Gasteiger partial charge in [0, 0.05) is 19.3 Å². The fourth-order valence-corrected chi connectivity index (χ4v) is 11.2. The topological polar surface area (TPSA) is 78.9 Å². The molecule has 0 aromatic rings. The zero-order chi connectivity index (χ0) is 59.9. The van der Waals surface area contributed by atoms with E-state index < -0.39 is 6.10 Å². The highest BCUT2D eigenvalue weighted by atomic mass is 16.6. The van der Waals surface area contributed by atoms with Gasteiger partial charge in [0.25, 0.3) is 0 Å². The van der Waals surface area contributed by atoms with Gasteiger partial charge >= 0.3 is 17.9 Å². The number of rotatable bonds is 69. The van der Waals surface area contributed by atoms with Crippen molar-refractivity contribution in [1.82, 2.24) is 0 Å². The summed E-state index contributed by atoms with van der Waals surface area (Å²) in [6.07, 6.45) is 91.6. The molecule has 486 valence electrons. The third-order valence-electron chi connectivity index (χ3n) is 16.8. The van der Waals surface area contributed by atoms with Gasteiger partial charge in [-0.25, -0.2) is 0 Å². The minimum atomic E-state index is -0.776. The van der Waals surface area contributed by atoms with Crippen molar-refractivity contribution in [2.45, 2.75) is 412 Å². The third-order valence-corrected chi connectivity index (χ3v) is 16.8. The molecule has 0 heterocycles. The molecular formula is C77H142O6. The highest BCUT2D eigenvalue weighted by molar-refractivity contribution is 5.71. The number of carbonyl (C=O) groups is 3. The average molecular weight is 1160 g/mol. The fraction of sp³-hybridized carbons (Fsp3) is 0.857. The Morgan fingerprint density at radius 3 is 0.687 bits per heavy atom. The van der Waals surface area contributed by atoms with Crippen molar-refractivity contribution in [1.29, 1.82) is 0 Å².